The largest absolute Gasteiger partial charge is 0.406 e. The van der Waals surface area contributed by atoms with Gasteiger partial charge in [0.15, 0.2) is 0 Å². The number of nitrogens with two attached hydrogens (primary N) is 2. The second-order valence-electron chi connectivity index (χ2n) is 3.78. The normalized spacial score (nSPS) is 11.3. The van der Waals surface area contributed by atoms with Gasteiger partial charge in [-0.05, 0) is 25.1 Å². The molecule has 0 aromatic heterocycles. The number of amides is 1. The fourth-order valence-corrected chi connectivity index (χ4v) is 1.49. The zero-order chi connectivity index (χ0) is 13.9. The van der Waals surface area contributed by atoms with Gasteiger partial charge in [0.25, 0.3) is 5.91 Å². The molecule has 0 aliphatic heterocycles. The van der Waals surface area contributed by atoms with Crippen LogP contribution in [0.4, 0.5) is 24.5 Å². The number of rotatable bonds is 3. The summed E-state index contributed by atoms with van der Waals surface area (Å²) in [5.41, 5.74) is 11.5. The van der Waals surface area contributed by atoms with Crippen molar-refractivity contribution in [3.63, 3.8) is 0 Å². The SMILES string of the molecule is CCN(CC(F)(F)F)C(=O)c1ccc(N)cc1N. The Hall–Kier alpha value is -1.92. The van der Waals surface area contributed by atoms with Crippen LogP contribution < -0.4 is 11.5 Å². The molecule has 4 N–H and O–H groups in total. The smallest absolute Gasteiger partial charge is 0.399 e. The van der Waals surface area contributed by atoms with E-state index in [0.717, 1.165) is 0 Å². The van der Waals surface area contributed by atoms with E-state index in [1.165, 1.54) is 25.1 Å². The molecule has 0 aliphatic rings. The first-order valence-corrected chi connectivity index (χ1v) is 5.25. The van der Waals surface area contributed by atoms with Gasteiger partial charge in [0, 0.05) is 17.9 Å². The van der Waals surface area contributed by atoms with Crippen LogP contribution in [0.1, 0.15) is 17.3 Å². The third kappa shape index (κ3) is 3.54. The molecule has 0 fully saturated rings. The van der Waals surface area contributed by atoms with E-state index in [1.54, 1.807) is 0 Å². The summed E-state index contributed by atoms with van der Waals surface area (Å²) in [4.78, 5) is 12.6. The third-order valence-electron chi connectivity index (χ3n) is 2.35. The van der Waals surface area contributed by atoms with Gasteiger partial charge >= 0.3 is 6.18 Å². The summed E-state index contributed by atoms with van der Waals surface area (Å²) in [7, 11) is 0. The average molecular weight is 261 g/mol. The van der Waals surface area contributed by atoms with Crippen LogP contribution in [-0.4, -0.2) is 30.1 Å². The maximum atomic E-state index is 12.3. The first kappa shape index (κ1) is 14.1. The zero-order valence-electron chi connectivity index (χ0n) is 9.79. The first-order valence-electron chi connectivity index (χ1n) is 5.25. The molecule has 1 aromatic carbocycles. The Morgan fingerprint density at radius 2 is 1.94 bits per heavy atom. The number of hydrogen-bond donors (Lipinski definition) is 2. The van der Waals surface area contributed by atoms with Crippen LogP contribution in [0.15, 0.2) is 18.2 Å². The number of benzene rings is 1. The molecule has 0 bridgehead atoms. The second-order valence-corrected chi connectivity index (χ2v) is 3.78. The maximum Gasteiger partial charge on any atom is 0.406 e. The minimum absolute atomic E-state index is 0.0234. The lowest BCUT2D eigenvalue weighted by Gasteiger charge is -2.23. The van der Waals surface area contributed by atoms with E-state index in [2.05, 4.69) is 0 Å². The zero-order valence-corrected chi connectivity index (χ0v) is 9.79. The number of alkyl halides is 3. The Bertz CT molecular complexity index is 446. The molecule has 18 heavy (non-hydrogen) atoms. The molecule has 1 amide bonds. The Morgan fingerprint density at radius 1 is 1.33 bits per heavy atom. The first-order chi connectivity index (χ1) is 8.24. The number of nitrogens with zero attached hydrogens (tertiary/aromatic N) is 1. The summed E-state index contributed by atoms with van der Waals surface area (Å²) in [5.74, 6) is -0.757. The van der Waals surface area contributed by atoms with E-state index in [1.807, 2.05) is 0 Å². The van der Waals surface area contributed by atoms with E-state index in [9.17, 15) is 18.0 Å². The van der Waals surface area contributed by atoms with Crippen LogP contribution in [0, 0.1) is 0 Å². The van der Waals surface area contributed by atoms with E-state index in [0.29, 0.717) is 10.6 Å². The number of carbonyl (C=O) groups excluding carboxylic acids is 1. The predicted octanol–water partition coefficient (Wildman–Crippen LogP) is 1.88. The van der Waals surface area contributed by atoms with Crippen molar-refractivity contribution < 1.29 is 18.0 Å². The molecule has 0 radical (unpaired) electrons. The van der Waals surface area contributed by atoms with Gasteiger partial charge in [0.2, 0.25) is 0 Å². The van der Waals surface area contributed by atoms with Crippen LogP contribution in [0.5, 0.6) is 0 Å². The van der Waals surface area contributed by atoms with E-state index in [-0.39, 0.29) is 17.8 Å². The standard InChI is InChI=1S/C11H14F3N3O/c1-2-17(6-11(12,13)14)10(18)8-4-3-7(15)5-9(8)16/h3-5H,2,6,15-16H2,1H3. The molecule has 0 aliphatic carbocycles. The quantitative estimate of drug-likeness (QED) is 0.816. The van der Waals surface area contributed by atoms with Crippen LogP contribution in [0.2, 0.25) is 0 Å². The molecule has 0 unspecified atom stereocenters. The fraction of sp³-hybridized carbons (Fsp3) is 0.364. The van der Waals surface area contributed by atoms with Crippen molar-refractivity contribution in [1.82, 2.24) is 4.90 Å². The minimum atomic E-state index is -4.44. The summed E-state index contributed by atoms with van der Waals surface area (Å²) in [6, 6.07) is 4.09. The summed E-state index contributed by atoms with van der Waals surface area (Å²) in [6.45, 7) is 0.117. The van der Waals surface area contributed by atoms with Crippen molar-refractivity contribution in [2.45, 2.75) is 13.1 Å². The van der Waals surface area contributed by atoms with E-state index >= 15 is 0 Å². The van der Waals surface area contributed by atoms with Crippen molar-refractivity contribution in [3.05, 3.63) is 23.8 Å². The molecule has 0 saturated carbocycles. The minimum Gasteiger partial charge on any atom is -0.399 e. The van der Waals surface area contributed by atoms with Gasteiger partial charge in [-0.2, -0.15) is 13.2 Å². The molecule has 7 heteroatoms. The number of hydrogen-bond acceptors (Lipinski definition) is 3. The number of halogens is 3. The lowest BCUT2D eigenvalue weighted by molar-refractivity contribution is -0.140. The topological polar surface area (TPSA) is 72.3 Å². The molecule has 4 nitrogen and oxygen atoms in total. The average Bonchev–Trinajstić information content (AvgIpc) is 2.24. The van der Waals surface area contributed by atoms with Crippen LogP contribution in [0.3, 0.4) is 0 Å². The summed E-state index contributed by atoms with van der Waals surface area (Å²) >= 11 is 0. The molecule has 1 aromatic rings. The second kappa shape index (κ2) is 5.16. The highest BCUT2D eigenvalue weighted by Gasteiger charge is 2.33. The van der Waals surface area contributed by atoms with Gasteiger partial charge in [-0.15, -0.1) is 0 Å². The molecule has 0 saturated heterocycles. The van der Waals surface area contributed by atoms with Crippen molar-refractivity contribution in [2.24, 2.45) is 0 Å². The van der Waals surface area contributed by atoms with E-state index < -0.39 is 18.6 Å². The third-order valence-corrected chi connectivity index (χ3v) is 2.35. The van der Waals surface area contributed by atoms with Crippen LogP contribution in [0.25, 0.3) is 0 Å². The molecule has 0 heterocycles. The summed E-state index contributed by atoms with van der Waals surface area (Å²) in [6.07, 6.45) is -4.44. The maximum absolute atomic E-state index is 12.3. The molecule has 1 rings (SSSR count). The van der Waals surface area contributed by atoms with Gasteiger partial charge in [-0.3, -0.25) is 4.79 Å². The summed E-state index contributed by atoms with van der Waals surface area (Å²) < 4.78 is 36.9. The molecular weight excluding hydrogens is 247 g/mol. The highest BCUT2D eigenvalue weighted by molar-refractivity contribution is 5.99. The molecule has 0 atom stereocenters. The Morgan fingerprint density at radius 3 is 2.39 bits per heavy atom. The Labute approximate surface area is 102 Å². The van der Waals surface area contributed by atoms with E-state index in [4.69, 9.17) is 11.5 Å². The number of carbonyl (C=O) groups is 1. The van der Waals surface area contributed by atoms with Crippen molar-refractivity contribution in [3.8, 4) is 0 Å². The van der Waals surface area contributed by atoms with Crippen molar-refractivity contribution >= 4 is 17.3 Å². The van der Waals surface area contributed by atoms with Gasteiger partial charge in [-0.25, -0.2) is 0 Å². The van der Waals surface area contributed by atoms with Crippen LogP contribution >= 0.6 is 0 Å². The van der Waals surface area contributed by atoms with Crippen molar-refractivity contribution in [1.29, 1.82) is 0 Å². The monoisotopic (exact) mass is 261 g/mol. The van der Waals surface area contributed by atoms with Crippen LogP contribution in [-0.2, 0) is 0 Å². The van der Waals surface area contributed by atoms with Gasteiger partial charge in [-0.1, -0.05) is 0 Å². The highest BCUT2D eigenvalue weighted by Crippen LogP contribution is 2.21. The Balaban J connectivity index is 2.97. The molecular formula is C11H14F3N3O. The van der Waals surface area contributed by atoms with Crippen molar-refractivity contribution in [2.75, 3.05) is 24.6 Å². The van der Waals surface area contributed by atoms with Gasteiger partial charge < -0.3 is 16.4 Å². The molecule has 0 spiro atoms. The van der Waals surface area contributed by atoms with Gasteiger partial charge in [0.05, 0.1) is 5.56 Å². The number of anilines is 2. The molecule has 100 valence electrons. The Kier molecular flexibility index (Phi) is 4.05. The van der Waals surface area contributed by atoms with Gasteiger partial charge in [0.1, 0.15) is 6.54 Å². The number of nitrogen functional groups attached to an aromatic ring is 2. The fourth-order valence-electron chi connectivity index (χ4n) is 1.49. The lowest BCUT2D eigenvalue weighted by atomic mass is 10.1. The lowest BCUT2D eigenvalue weighted by Crippen LogP contribution is -2.39. The highest BCUT2D eigenvalue weighted by atomic mass is 19.4. The summed E-state index contributed by atoms with van der Waals surface area (Å²) in [5, 5.41) is 0. The predicted molar refractivity (Wildman–Crippen MR) is 62.9 cm³/mol.